The van der Waals surface area contributed by atoms with Crippen LogP contribution in [0.4, 0.5) is 0 Å². The minimum absolute atomic E-state index is 0.556. The smallest absolute Gasteiger partial charge is 0.164 e. The average Bonchev–Trinajstić information content (AvgIpc) is 4.04. The van der Waals surface area contributed by atoms with Crippen LogP contribution in [0.1, 0.15) is 22.3 Å². The molecule has 0 amide bonds. The van der Waals surface area contributed by atoms with E-state index in [0.717, 1.165) is 66.1 Å². The lowest BCUT2D eigenvalue weighted by atomic mass is 9.64. The summed E-state index contributed by atoms with van der Waals surface area (Å²) in [6.07, 6.45) is 0. The van der Waals surface area contributed by atoms with Gasteiger partial charge in [0, 0.05) is 43.8 Å². The molecule has 8 bridgehead atoms. The van der Waals surface area contributed by atoms with Gasteiger partial charge in [0.1, 0.15) is 22.6 Å². The van der Waals surface area contributed by atoms with Crippen LogP contribution in [-0.2, 0) is 5.41 Å². The molecule has 0 aliphatic carbocycles. The number of benzene rings is 7. The zero-order chi connectivity index (χ0) is 38.9. The monoisotopic (exact) mass is 756 g/mol. The summed E-state index contributed by atoms with van der Waals surface area (Å²) < 4.78 is 0. The SMILES string of the molecule is c1ccc(C(c2ccccc2)(c2ccccc2)c2cccc3c4nc5nc(nc6[nH]c(nc7nc(nc([nH]4)c23)-c2ccccc2-7)c2ccccc62)-c2ccccc2-5)cc1. The van der Waals surface area contributed by atoms with Crippen molar-refractivity contribution in [3.8, 4) is 45.6 Å². The molecular weight excluding hydrogens is 725 g/mol. The van der Waals surface area contributed by atoms with Gasteiger partial charge in [-0.1, -0.05) is 182 Å². The predicted molar refractivity (Wildman–Crippen MR) is 234 cm³/mol. The Balaban J connectivity index is 1.29. The highest BCUT2D eigenvalue weighted by Crippen LogP contribution is 2.49. The van der Waals surface area contributed by atoms with Gasteiger partial charge in [-0.25, -0.2) is 29.9 Å². The number of hydrogen-bond acceptors (Lipinski definition) is 6. The molecule has 0 unspecified atom stereocenters. The van der Waals surface area contributed by atoms with Crippen molar-refractivity contribution in [3.63, 3.8) is 0 Å². The molecule has 0 saturated heterocycles. The van der Waals surface area contributed by atoms with E-state index < -0.39 is 5.41 Å². The van der Waals surface area contributed by atoms with Gasteiger partial charge in [0.05, 0.1) is 5.41 Å². The Kier molecular flexibility index (Phi) is 7.27. The van der Waals surface area contributed by atoms with Crippen molar-refractivity contribution in [2.45, 2.75) is 5.41 Å². The molecule has 2 N–H and O–H groups in total. The summed E-state index contributed by atoms with van der Waals surface area (Å²) in [5.41, 5.74) is 9.86. The minimum Gasteiger partial charge on any atom is -0.324 e. The highest BCUT2D eigenvalue weighted by molar-refractivity contribution is 6.08. The lowest BCUT2D eigenvalue weighted by Crippen LogP contribution is -2.31. The zero-order valence-corrected chi connectivity index (χ0v) is 31.5. The maximum atomic E-state index is 5.47. The molecule has 3 aromatic heterocycles. The van der Waals surface area contributed by atoms with Gasteiger partial charge in [-0.05, 0) is 22.3 Å². The number of H-pyrrole nitrogens is 2. The molecule has 0 atom stereocenters. The van der Waals surface area contributed by atoms with Crippen LogP contribution in [-0.4, -0.2) is 39.9 Å². The van der Waals surface area contributed by atoms with Crippen molar-refractivity contribution in [3.05, 3.63) is 204 Å². The van der Waals surface area contributed by atoms with Gasteiger partial charge in [0.2, 0.25) is 0 Å². The minimum atomic E-state index is -0.753. The molecule has 0 radical (unpaired) electrons. The molecule has 276 valence electrons. The summed E-state index contributed by atoms with van der Waals surface area (Å²) in [7, 11) is 0. The normalized spacial score (nSPS) is 12.1. The summed E-state index contributed by atoms with van der Waals surface area (Å²) in [6.45, 7) is 0. The largest absolute Gasteiger partial charge is 0.324 e. The fourth-order valence-corrected chi connectivity index (χ4v) is 9.03. The maximum absolute atomic E-state index is 5.47. The maximum Gasteiger partial charge on any atom is 0.164 e. The third-order valence-corrected chi connectivity index (χ3v) is 11.6. The van der Waals surface area contributed by atoms with Crippen LogP contribution < -0.4 is 0 Å². The van der Waals surface area contributed by atoms with E-state index in [9.17, 15) is 0 Å². The fourth-order valence-electron chi connectivity index (χ4n) is 9.03. The quantitative estimate of drug-likeness (QED) is 0.173. The van der Waals surface area contributed by atoms with E-state index in [4.69, 9.17) is 29.9 Å². The van der Waals surface area contributed by atoms with Crippen LogP contribution in [0.5, 0.6) is 0 Å². The van der Waals surface area contributed by atoms with Crippen LogP contribution in [0.25, 0.3) is 89.7 Å². The molecule has 59 heavy (non-hydrogen) atoms. The van der Waals surface area contributed by atoms with Gasteiger partial charge in [-0.3, -0.25) is 0 Å². The topological polar surface area (TPSA) is 109 Å². The van der Waals surface area contributed by atoms with Gasteiger partial charge >= 0.3 is 0 Å². The Morgan fingerprint density at radius 3 is 1.07 bits per heavy atom. The number of rotatable bonds is 4. The van der Waals surface area contributed by atoms with Crippen LogP contribution in [0, 0.1) is 0 Å². The van der Waals surface area contributed by atoms with Crippen molar-refractivity contribution in [1.82, 2.24) is 39.9 Å². The van der Waals surface area contributed by atoms with E-state index in [1.807, 2.05) is 42.5 Å². The molecular formula is C51H32N8. The second-order valence-corrected chi connectivity index (χ2v) is 14.8. The number of aromatic amines is 2. The van der Waals surface area contributed by atoms with Crippen molar-refractivity contribution < 1.29 is 0 Å². The van der Waals surface area contributed by atoms with E-state index in [1.165, 1.54) is 0 Å². The summed E-state index contributed by atoms with van der Waals surface area (Å²) in [4.78, 5) is 38.7. The molecule has 2 aliphatic rings. The Morgan fingerprint density at radius 2 is 0.627 bits per heavy atom. The van der Waals surface area contributed by atoms with Crippen molar-refractivity contribution in [1.29, 1.82) is 0 Å². The first-order valence-corrected chi connectivity index (χ1v) is 19.6. The van der Waals surface area contributed by atoms with Gasteiger partial charge in [-0.2, -0.15) is 0 Å². The summed E-state index contributed by atoms with van der Waals surface area (Å²) in [5, 5.41) is 3.71. The molecule has 12 rings (SSSR count). The Morgan fingerprint density at radius 1 is 0.288 bits per heavy atom. The van der Waals surface area contributed by atoms with Crippen LogP contribution in [0.3, 0.4) is 0 Å². The molecule has 0 spiro atoms. The van der Waals surface area contributed by atoms with Crippen molar-refractivity contribution in [2.75, 3.05) is 0 Å². The predicted octanol–water partition coefficient (Wildman–Crippen LogP) is 11.3. The van der Waals surface area contributed by atoms with Gasteiger partial charge in [-0.15, -0.1) is 0 Å². The molecule has 2 aliphatic heterocycles. The van der Waals surface area contributed by atoms with Crippen molar-refractivity contribution >= 4 is 44.1 Å². The van der Waals surface area contributed by atoms with Gasteiger partial charge < -0.3 is 9.97 Å². The Bertz CT molecular complexity index is 3340. The lowest BCUT2D eigenvalue weighted by Gasteiger charge is -2.37. The number of fused-ring (bicyclic) bond motifs is 20. The van der Waals surface area contributed by atoms with Crippen LogP contribution in [0.15, 0.2) is 182 Å². The second-order valence-electron chi connectivity index (χ2n) is 14.8. The Labute approximate surface area is 338 Å². The number of hydrogen-bond donors (Lipinski definition) is 2. The van der Waals surface area contributed by atoms with E-state index in [1.54, 1.807) is 0 Å². The number of aromatic nitrogens is 8. The first kappa shape index (κ1) is 33.1. The van der Waals surface area contributed by atoms with Gasteiger partial charge in [0.15, 0.2) is 23.3 Å². The number of nitrogens with zero attached hydrogens (tertiary/aromatic N) is 6. The number of nitrogens with one attached hydrogen (secondary N) is 2. The average molecular weight is 757 g/mol. The molecule has 10 aromatic rings. The van der Waals surface area contributed by atoms with Crippen LogP contribution >= 0.6 is 0 Å². The first-order chi connectivity index (χ1) is 29.2. The van der Waals surface area contributed by atoms with E-state index in [-0.39, 0.29) is 0 Å². The summed E-state index contributed by atoms with van der Waals surface area (Å²) >= 11 is 0. The highest BCUT2D eigenvalue weighted by Gasteiger charge is 2.40. The lowest BCUT2D eigenvalue weighted by molar-refractivity contribution is 0.753. The van der Waals surface area contributed by atoms with E-state index in [0.29, 0.717) is 45.9 Å². The van der Waals surface area contributed by atoms with Crippen LogP contribution in [0.2, 0.25) is 0 Å². The molecule has 8 nitrogen and oxygen atoms in total. The zero-order valence-electron chi connectivity index (χ0n) is 31.5. The van der Waals surface area contributed by atoms with Gasteiger partial charge in [0.25, 0.3) is 0 Å². The standard InChI is InChI=1S/C51H32N8/c1-4-17-31(18-5-1)51(32-19-6-2-7-20-32,33-21-8-3-9-22-33)41-30-16-29-40-42(41)50-58-48-39-28-15-14-27-38(39)46(56-48)54-44-35-24-11-10-23-34(35)43(52-44)53-45-36-25-12-13-26-37(36)47(55-45)57-49(40)59-50/h1-30H,(H2,52,53,54,55,56,57,58,59). The van der Waals surface area contributed by atoms with Crippen molar-refractivity contribution in [2.24, 2.45) is 0 Å². The Hall–Kier alpha value is -8.10. The molecule has 8 heteroatoms. The first-order valence-electron chi connectivity index (χ1n) is 19.6. The summed E-state index contributed by atoms with van der Waals surface area (Å²) in [5.74, 6) is 2.26. The molecule has 7 aromatic carbocycles. The second kappa shape index (κ2) is 13.0. The van der Waals surface area contributed by atoms with E-state index in [2.05, 4.69) is 149 Å². The third kappa shape index (κ3) is 5.03. The summed E-state index contributed by atoms with van der Waals surface area (Å²) in [6, 6.07) is 63.1. The third-order valence-electron chi connectivity index (χ3n) is 11.6. The fraction of sp³-hybridized carbons (Fsp3) is 0.0196. The molecule has 0 saturated carbocycles. The molecule has 5 heterocycles. The molecule has 0 fully saturated rings. The van der Waals surface area contributed by atoms with E-state index >= 15 is 0 Å². The highest BCUT2D eigenvalue weighted by atomic mass is 15.1.